The third-order valence-corrected chi connectivity index (χ3v) is 6.55. The van der Waals surface area contributed by atoms with Crippen LogP contribution in [0.25, 0.3) is 26.9 Å². The van der Waals surface area contributed by atoms with Crippen molar-refractivity contribution < 1.29 is 18.3 Å². The molecule has 188 valence electrons. The van der Waals surface area contributed by atoms with Gasteiger partial charge in [-0.15, -0.1) is 11.3 Å². The molecule has 4 aromatic heterocycles. The highest BCUT2D eigenvalue weighted by molar-refractivity contribution is 7.16. The molecule has 0 saturated carbocycles. The number of nitrogens with zero attached hydrogens (tertiary/aromatic N) is 6. The average molecular weight is 526 g/mol. The molecule has 0 bridgehead atoms. The molecule has 5 aromatic rings. The van der Waals surface area contributed by atoms with Crippen LogP contribution < -0.4 is 11.3 Å². The lowest BCUT2D eigenvalue weighted by Crippen LogP contribution is -2.27. The average Bonchev–Trinajstić information content (AvgIpc) is 3.38. The van der Waals surface area contributed by atoms with Crippen molar-refractivity contribution in [1.29, 1.82) is 0 Å². The second kappa shape index (κ2) is 8.99. The van der Waals surface area contributed by atoms with Crippen LogP contribution in [0.4, 0.5) is 19.0 Å². The van der Waals surface area contributed by atoms with E-state index in [0.717, 1.165) is 10.6 Å². The molecule has 3 N–H and O–H groups in total. The molecule has 0 saturated heterocycles. The number of halogens is 3. The van der Waals surface area contributed by atoms with E-state index >= 15 is 0 Å². The first kappa shape index (κ1) is 24.4. The van der Waals surface area contributed by atoms with E-state index in [1.54, 1.807) is 12.3 Å². The Hall–Kier alpha value is -4.28. The van der Waals surface area contributed by atoms with Gasteiger partial charge in [0.2, 0.25) is 0 Å². The third kappa shape index (κ3) is 4.30. The molecule has 0 aliphatic heterocycles. The van der Waals surface area contributed by atoms with Crippen molar-refractivity contribution in [2.75, 3.05) is 5.73 Å². The molecule has 37 heavy (non-hydrogen) atoms. The summed E-state index contributed by atoms with van der Waals surface area (Å²) in [5, 5.41) is 16.3. The molecule has 0 aliphatic carbocycles. The number of anilines is 1. The van der Waals surface area contributed by atoms with E-state index in [2.05, 4.69) is 31.9 Å². The Bertz CT molecular complexity index is 1790. The summed E-state index contributed by atoms with van der Waals surface area (Å²) in [7, 11) is 0. The number of aliphatic hydroxyl groups excluding tert-OH is 1. The fraction of sp³-hybridized carbons (Fsp3) is 0.208. The topological polar surface area (TPSA) is 125 Å². The Balaban J connectivity index is 1.79. The number of benzene rings is 1. The van der Waals surface area contributed by atoms with Gasteiger partial charge in [-0.2, -0.15) is 18.3 Å². The Morgan fingerprint density at radius 1 is 1.22 bits per heavy atom. The lowest BCUT2D eigenvalue weighted by Gasteiger charge is -2.18. The van der Waals surface area contributed by atoms with Gasteiger partial charge in [0.05, 0.1) is 22.0 Å². The molecule has 0 radical (unpaired) electrons. The number of nitrogen functional groups attached to an aromatic ring is 1. The zero-order chi connectivity index (χ0) is 26.5. The minimum absolute atomic E-state index is 0.00710. The summed E-state index contributed by atoms with van der Waals surface area (Å²) in [4.78, 5) is 26.8. The van der Waals surface area contributed by atoms with Crippen LogP contribution in [0, 0.1) is 18.8 Å². The quantitative estimate of drug-likeness (QED) is 0.347. The second-order valence-corrected chi connectivity index (χ2v) is 9.05. The summed E-state index contributed by atoms with van der Waals surface area (Å²) in [5.41, 5.74) is 5.10. The van der Waals surface area contributed by atoms with E-state index in [1.165, 1.54) is 47.5 Å². The van der Waals surface area contributed by atoms with E-state index in [9.17, 15) is 23.1 Å². The molecule has 13 heteroatoms. The van der Waals surface area contributed by atoms with Crippen molar-refractivity contribution in [3.63, 3.8) is 0 Å². The summed E-state index contributed by atoms with van der Waals surface area (Å²) in [6.45, 7) is 2.96. The monoisotopic (exact) mass is 525 g/mol. The van der Waals surface area contributed by atoms with E-state index in [-0.39, 0.29) is 40.6 Å². The molecule has 9 nitrogen and oxygen atoms in total. The minimum atomic E-state index is -4.71. The molecular weight excluding hydrogens is 507 g/mol. The van der Waals surface area contributed by atoms with Crippen LogP contribution in [-0.2, 0) is 12.7 Å². The van der Waals surface area contributed by atoms with E-state index < -0.39 is 23.4 Å². The number of thiophene rings is 1. The van der Waals surface area contributed by atoms with Crippen LogP contribution in [-0.4, -0.2) is 40.5 Å². The van der Waals surface area contributed by atoms with Crippen LogP contribution in [0.3, 0.4) is 0 Å². The predicted molar refractivity (Wildman–Crippen MR) is 132 cm³/mol. The lowest BCUT2D eigenvalue weighted by atomic mass is 10.1. The van der Waals surface area contributed by atoms with Gasteiger partial charge in [0.15, 0.2) is 5.65 Å². The number of hydrogen-bond acceptors (Lipinski definition) is 8. The molecule has 0 aliphatic rings. The van der Waals surface area contributed by atoms with Gasteiger partial charge in [0, 0.05) is 0 Å². The minimum Gasteiger partial charge on any atom is -0.383 e. The van der Waals surface area contributed by atoms with E-state index in [1.807, 2.05) is 0 Å². The number of aliphatic hydroxyl groups is 1. The van der Waals surface area contributed by atoms with Gasteiger partial charge in [-0.1, -0.05) is 18.1 Å². The summed E-state index contributed by atoms with van der Waals surface area (Å²) >= 11 is 1.22. The maximum Gasteiger partial charge on any atom is 0.418 e. The Morgan fingerprint density at radius 2 is 1.97 bits per heavy atom. The van der Waals surface area contributed by atoms with Crippen LogP contribution in [0.2, 0.25) is 0 Å². The standard InChI is InChI=1S/C24H18F3N7O2S/c1-12-10-37-22-18(12)23(36)34(16-6-4-3-5-14(16)24(25,26)27)17(31-22)9-33-21-19(20(28)29-11-30-21)15(32-33)8-7-13(2)35/h3-6,10-11,13,35H,9H2,1-2H3,(H2,28,29,30)/t13-/m1/s1. The molecule has 0 unspecified atom stereocenters. The number of aromatic nitrogens is 6. The van der Waals surface area contributed by atoms with Crippen molar-refractivity contribution in [3.8, 4) is 17.5 Å². The molecule has 5 rings (SSSR count). The Labute approximate surface area is 211 Å². The highest BCUT2D eigenvalue weighted by Gasteiger charge is 2.35. The number of rotatable bonds is 3. The molecule has 0 amide bonds. The van der Waals surface area contributed by atoms with Gasteiger partial charge >= 0.3 is 6.18 Å². The second-order valence-electron chi connectivity index (χ2n) is 8.19. The predicted octanol–water partition coefficient (Wildman–Crippen LogP) is 3.28. The molecule has 4 heterocycles. The van der Waals surface area contributed by atoms with Gasteiger partial charge in [-0.25, -0.2) is 19.6 Å². The molecule has 0 fully saturated rings. The third-order valence-electron chi connectivity index (χ3n) is 5.56. The summed E-state index contributed by atoms with van der Waals surface area (Å²) in [6.07, 6.45) is -4.44. The highest BCUT2D eigenvalue weighted by Crippen LogP contribution is 2.34. The Morgan fingerprint density at radius 3 is 2.70 bits per heavy atom. The van der Waals surface area contributed by atoms with E-state index in [4.69, 9.17) is 5.73 Å². The molecule has 1 aromatic carbocycles. The van der Waals surface area contributed by atoms with Gasteiger partial charge in [0.25, 0.3) is 5.56 Å². The van der Waals surface area contributed by atoms with Crippen molar-refractivity contribution in [3.05, 3.63) is 69.0 Å². The Kier molecular flexibility index (Phi) is 5.93. The number of nitrogens with two attached hydrogens (primary N) is 1. The lowest BCUT2D eigenvalue weighted by molar-refractivity contribution is -0.137. The SMILES string of the molecule is Cc1csc2nc(Cn3nc(C#C[C@@H](C)O)c4c(N)ncnc43)n(-c3ccccc3C(F)(F)F)c(=O)c12. The maximum atomic E-state index is 13.9. The maximum absolute atomic E-state index is 13.9. The van der Waals surface area contributed by atoms with Gasteiger partial charge < -0.3 is 10.8 Å². The van der Waals surface area contributed by atoms with Gasteiger partial charge in [0.1, 0.15) is 41.1 Å². The van der Waals surface area contributed by atoms with Crippen molar-refractivity contribution in [2.24, 2.45) is 0 Å². The number of hydrogen-bond donors (Lipinski definition) is 2. The number of aryl methyl sites for hydroxylation is 1. The largest absolute Gasteiger partial charge is 0.418 e. The van der Waals surface area contributed by atoms with Crippen molar-refractivity contribution >= 4 is 38.4 Å². The molecule has 1 atom stereocenters. The number of para-hydroxylation sites is 1. The fourth-order valence-electron chi connectivity index (χ4n) is 3.97. The zero-order valence-corrected chi connectivity index (χ0v) is 20.2. The van der Waals surface area contributed by atoms with Crippen LogP contribution in [0.1, 0.15) is 29.6 Å². The van der Waals surface area contributed by atoms with E-state index in [0.29, 0.717) is 15.8 Å². The van der Waals surface area contributed by atoms with Crippen LogP contribution >= 0.6 is 11.3 Å². The number of alkyl halides is 3. The van der Waals surface area contributed by atoms with Crippen LogP contribution in [0.5, 0.6) is 0 Å². The first-order valence-corrected chi connectivity index (χ1v) is 11.8. The zero-order valence-electron chi connectivity index (χ0n) is 19.4. The summed E-state index contributed by atoms with van der Waals surface area (Å²) in [5.74, 6) is 5.40. The van der Waals surface area contributed by atoms with Crippen LogP contribution in [0.15, 0.2) is 40.8 Å². The summed E-state index contributed by atoms with van der Waals surface area (Å²) < 4.78 is 44.1. The normalized spacial score (nSPS) is 12.6. The van der Waals surface area contributed by atoms with Crippen molar-refractivity contribution in [2.45, 2.75) is 32.7 Å². The summed E-state index contributed by atoms with van der Waals surface area (Å²) in [6, 6.07) is 4.82. The van der Waals surface area contributed by atoms with Gasteiger partial charge in [-0.05, 0) is 42.8 Å². The van der Waals surface area contributed by atoms with Crippen molar-refractivity contribution in [1.82, 2.24) is 29.3 Å². The molecular formula is C24H18F3N7O2S. The van der Waals surface area contributed by atoms with Gasteiger partial charge in [-0.3, -0.25) is 9.36 Å². The number of fused-ring (bicyclic) bond motifs is 2. The molecule has 0 spiro atoms. The first-order valence-electron chi connectivity index (χ1n) is 10.9. The fourth-order valence-corrected chi connectivity index (χ4v) is 4.90. The highest BCUT2D eigenvalue weighted by atomic mass is 32.1. The first-order chi connectivity index (χ1) is 17.6. The smallest absolute Gasteiger partial charge is 0.383 e.